The van der Waals surface area contributed by atoms with Gasteiger partial charge in [-0.2, -0.15) is 0 Å². The van der Waals surface area contributed by atoms with Crippen LogP contribution < -0.4 is 14.5 Å². The predicted molar refractivity (Wildman–Crippen MR) is 222 cm³/mol. The van der Waals surface area contributed by atoms with Crippen LogP contribution in [0.25, 0.3) is 0 Å². The van der Waals surface area contributed by atoms with Gasteiger partial charge in [-0.05, 0) is 73.1 Å². The van der Waals surface area contributed by atoms with Crippen molar-refractivity contribution < 1.29 is 28.3 Å². The van der Waals surface area contributed by atoms with Crippen molar-refractivity contribution in [3.05, 3.63) is 162 Å². The average molecular weight is 794 g/mol. The Hall–Kier alpha value is -5.95. The van der Waals surface area contributed by atoms with E-state index in [-0.39, 0.29) is 30.9 Å². The number of fused-ring (bicyclic) bond motifs is 4. The molecule has 1 N–H and O–H groups in total. The third-order valence-corrected chi connectivity index (χ3v) is 14.4. The van der Waals surface area contributed by atoms with Crippen LogP contribution in [0.1, 0.15) is 52.0 Å². The molecule has 1 aromatic heterocycles. The Balaban J connectivity index is 1.12. The fourth-order valence-corrected chi connectivity index (χ4v) is 11.9. The number of para-hydroxylation sites is 3. The predicted octanol–water partition coefficient (Wildman–Crippen LogP) is 8.90. The summed E-state index contributed by atoms with van der Waals surface area (Å²) in [6.07, 6.45) is 1.56. The van der Waals surface area contributed by atoms with Crippen LogP contribution in [0.3, 0.4) is 0 Å². The molecule has 12 heteroatoms. The van der Waals surface area contributed by atoms with Crippen molar-refractivity contribution in [2.45, 2.75) is 62.7 Å². The van der Waals surface area contributed by atoms with Crippen molar-refractivity contribution in [3.8, 4) is 11.5 Å². The zero-order valence-corrected chi connectivity index (χ0v) is 33.5. The van der Waals surface area contributed by atoms with Crippen molar-refractivity contribution in [3.63, 3.8) is 0 Å². The Kier molecular flexibility index (Phi) is 9.58. The minimum Gasteiger partial charge on any atom is -0.454 e. The number of rotatable bonds is 10. The molecule has 2 amide bonds. The van der Waals surface area contributed by atoms with Crippen molar-refractivity contribution in [2.24, 2.45) is 5.92 Å². The number of aliphatic hydroxyl groups is 1. The Morgan fingerprint density at radius 3 is 2.29 bits per heavy atom. The fourth-order valence-electron chi connectivity index (χ4n) is 9.33. The zero-order chi connectivity index (χ0) is 40.2. The van der Waals surface area contributed by atoms with Crippen LogP contribution in [0.5, 0.6) is 11.5 Å². The van der Waals surface area contributed by atoms with E-state index < -0.39 is 31.6 Å². The molecule has 6 aromatic rings. The van der Waals surface area contributed by atoms with E-state index in [9.17, 15) is 9.90 Å². The van der Waals surface area contributed by atoms with Gasteiger partial charge in [0.2, 0.25) is 8.41 Å². The number of carbonyl (C=O) groups is 2. The highest BCUT2D eigenvalue weighted by Crippen LogP contribution is 2.61. The van der Waals surface area contributed by atoms with Crippen LogP contribution in [0, 0.1) is 5.92 Å². The smallest absolute Gasteiger partial charge is 0.266 e. The summed E-state index contributed by atoms with van der Waals surface area (Å²) in [7, 11) is -3.50. The molecule has 294 valence electrons. The molecule has 0 saturated carbocycles. The highest BCUT2D eigenvalue weighted by molar-refractivity contribution is 6.72. The SMILES string of the molecule is C[C@@H]1[C@@H]([Si](C)(C)F)[C@H](CCn2cc(C(CO)c3ccccc3)nn2)O[C@@]12C(=O)N(Cc1ccccc1)c1ccc(N3C(=O)c4ccccc4Oc4ccccc43)cc12. The first-order chi connectivity index (χ1) is 28.1. The van der Waals surface area contributed by atoms with Crippen LogP contribution in [0.15, 0.2) is 134 Å². The lowest BCUT2D eigenvalue weighted by Gasteiger charge is -2.31. The third-order valence-electron chi connectivity index (χ3n) is 12.0. The quantitative estimate of drug-likeness (QED) is 0.109. The van der Waals surface area contributed by atoms with Gasteiger partial charge in [-0.25, -0.2) is 0 Å². The van der Waals surface area contributed by atoms with E-state index in [0.29, 0.717) is 58.3 Å². The molecular weight excluding hydrogens is 750 g/mol. The first kappa shape index (κ1) is 37.6. The van der Waals surface area contributed by atoms with Gasteiger partial charge in [-0.1, -0.05) is 97.1 Å². The van der Waals surface area contributed by atoms with E-state index in [2.05, 4.69) is 10.3 Å². The summed E-state index contributed by atoms with van der Waals surface area (Å²) in [6.45, 7) is 5.83. The minimum absolute atomic E-state index is 0.130. The van der Waals surface area contributed by atoms with Gasteiger partial charge in [0, 0.05) is 35.5 Å². The normalized spacial score (nSPS) is 21.7. The van der Waals surface area contributed by atoms with E-state index in [1.54, 1.807) is 45.8 Å². The first-order valence-electron chi connectivity index (χ1n) is 19.7. The third kappa shape index (κ3) is 6.32. The van der Waals surface area contributed by atoms with Gasteiger partial charge >= 0.3 is 0 Å². The topological polar surface area (TPSA) is 110 Å². The molecule has 1 fully saturated rings. The van der Waals surface area contributed by atoms with E-state index in [0.717, 1.165) is 11.1 Å². The van der Waals surface area contributed by atoms with Crippen molar-refractivity contribution in [1.82, 2.24) is 15.0 Å². The molecule has 0 aliphatic carbocycles. The number of nitrogens with zero attached hydrogens (tertiary/aromatic N) is 5. The summed E-state index contributed by atoms with van der Waals surface area (Å²) in [5.74, 6) is -0.466. The largest absolute Gasteiger partial charge is 0.454 e. The molecule has 9 rings (SSSR count). The van der Waals surface area contributed by atoms with Gasteiger partial charge in [0.1, 0.15) is 5.75 Å². The molecule has 0 bridgehead atoms. The first-order valence-corrected chi connectivity index (χ1v) is 22.7. The molecule has 1 saturated heterocycles. The average Bonchev–Trinajstić information content (AvgIpc) is 3.86. The van der Waals surface area contributed by atoms with Gasteiger partial charge in [0.05, 0.1) is 47.8 Å². The summed E-state index contributed by atoms with van der Waals surface area (Å²) >= 11 is 0. The zero-order valence-electron chi connectivity index (χ0n) is 32.5. The fraction of sp³-hybridized carbons (Fsp3) is 0.261. The Labute approximate surface area is 337 Å². The van der Waals surface area contributed by atoms with Crippen LogP contribution in [0.4, 0.5) is 21.2 Å². The van der Waals surface area contributed by atoms with E-state index in [4.69, 9.17) is 9.47 Å². The van der Waals surface area contributed by atoms with Gasteiger partial charge in [-0.15, -0.1) is 5.10 Å². The highest BCUT2D eigenvalue weighted by atomic mass is 28.4. The molecular formula is C46H44FN5O5Si. The molecule has 1 spiro atoms. The molecule has 3 aliphatic heterocycles. The molecule has 0 radical (unpaired) electrons. The molecule has 5 atom stereocenters. The summed E-state index contributed by atoms with van der Waals surface area (Å²) in [6, 6.07) is 39.6. The Morgan fingerprint density at radius 1 is 0.862 bits per heavy atom. The van der Waals surface area contributed by atoms with Crippen LogP contribution >= 0.6 is 0 Å². The number of ether oxygens (including phenoxy) is 2. The molecule has 5 aromatic carbocycles. The number of aryl methyl sites for hydroxylation is 1. The van der Waals surface area contributed by atoms with Gasteiger partial charge < -0.3 is 23.6 Å². The maximum absolute atomic E-state index is 16.8. The number of hydrogen-bond donors (Lipinski definition) is 1. The lowest BCUT2D eigenvalue weighted by Crippen LogP contribution is -2.45. The number of hydrogen-bond acceptors (Lipinski definition) is 7. The summed E-state index contributed by atoms with van der Waals surface area (Å²) in [4.78, 5) is 33.1. The lowest BCUT2D eigenvalue weighted by atomic mass is 9.82. The number of benzene rings is 5. The standard InChI is InChI=1S/C46H44FN5O5Si/c1-30-43(58(2,3)47)42(24-25-50-28-37(48-49-50)35(29-53)32-16-8-5-9-17-32)57-46(30)36-26-33(22-23-38(36)51(45(46)55)27-31-14-6-4-7-15-31)52-39-19-11-13-21-41(39)56-40-20-12-10-18-34(40)44(52)54/h4-23,26,28,30,35,42-43,53H,24-25,27,29H2,1-3H3/t30-,35?,42+,43-,46+/m1/s1. The Morgan fingerprint density at radius 2 is 1.55 bits per heavy atom. The van der Waals surface area contributed by atoms with E-state index in [1.807, 2.05) is 122 Å². The van der Waals surface area contributed by atoms with Crippen molar-refractivity contribution in [2.75, 3.05) is 16.4 Å². The second-order valence-electron chi connectivity index (χ2n) is 15.9. The lowest BCUT2D eigenvalue weighted by molar-refractivity contribution is -0.146. The summed E-state index contributed by atoms with van der Waals surface area (Å²) in [5, 5.41) is 19.0. The van der Waals surface area contributed by atoms with Crippen LogP contribution in [-0.4, -0.2) is 53.0 Å². The summed E-state index contributed by atoms with van der Waals surface area (Å²) < 4.78 is 31.9. The number of amides is 2. The van der Waals surface area contributed by atoms with E-state index >= 15 is 8.90 Å². The molecule has 58 heavy (non-hydrogen) atoms. The molecule has 10 nitrogen and oxygen atoms in total. The maximum atomic E-state index is 16.8. The number of carbonyl (C=O) groups excluding carboxylic acids is 2. The Bertz CT molecular complexity index is 2490. The molecule has 4 heterocycles. The van der Waals surface area contributed by atoms with E-state index in [1.165, 1.54) is 0 Å². The number of aliphatic hydroxyl groups excluding tert-OH is 1. The second kappa shape index (κ2) is 14.8. The molecule has 3 aliphatic rings. The maximum Gasteiger partial charge on any atom is 0.266 e. The van der Waals surface area contributed by atoms with Crippen molar-refractivity contribution >= 4 is 37.3 Å². The minimum atomic E-state index is -3.50. The molecule has 1 unspecified atom stereocenters. The van der Waals surface area contributed by atoms with Crippen molar-refractivity contribution in [1.29, 1.82) is 0 Å². The second-order valence-corrected chi connectivity index (χ2v) is 19.7. The number of anilines is 3. The van der Waals surface area contributed by atoms with Crippen LogP contribution in [-0.2, 0) is 28.2 Å². The number of aromatic nitrogens is 3. The van der Waals surface area contributed by atoms with Gasteiger partial charge in [-0.3, -0.25) is 19.2 Å². The highest BCUT2D eigenvalue weighted by Gasteiger charge is 2.66. The van der Waals surface area contributed by atoms with Crippen LogP contribution in [0.2, 0.25) is 18.6 Å². The number of halogens is 1. The van der Waals surface area contributed by atoms with Gasteiger partial charge in [0.15, 0.2) is 11.4 Å². The summed E-state index contributed by atoms with van der Waals surface area (Å²) in [5.41, 5.74) is 3.16. The van der Waals surface area contributed by atoms with Gasteiger partial charge in [0.25, 0.3) is 11.8 Å². The monoisotopic (exact) mass is 793 g/mol.